The molecule has 0 spiro atoms. The highest BCUT2D eigenvalue weighted by atomic mass is 79.9. The normalized spacial score (nSPS) is 10.3. The fourth-order valence-corrected chi connectivity index (χ4v) is 2.49. The predicted molar refractivity (Wildman–Crippen MR) is 72.6 cm³/mol. The minimum atomic E-state index is 0.739. The minimum Gasteiger partial charge on any atom is -0.493 e. The number of alkyl halides is 1. The van der Waals surface area contributed by atoms with Gasteiger partial charge in [0.2, 0.25) is 0 Å². The van der Waals surface area contributed by atoms with Crippen molar-refractivity contribution in [3.63, 3.8) is 0 Å². The SMILES string of the molecule is BrCc1cccc(OCCc2ccsc2)c1. The van der Waals surface area contributed by atoms with Crippen LogP contribution in [0.25, 0.3) is 0 Å². The standard InChI is InChI=1S/C13H13BrOS/c14-9-12-2-1-3-13(8-12)15-6-4-11-5-7-16-10-11/h1-3,5,7-8,10H,4,6,9H2. The van der Waals surface area contributed by atoms with Crippen LogP contribution in [0.1, 0.15) is 11.1 Å². The maximum Gasteiger partial charge on any atom is 0.119 e. The van der Waals surface area contributed by atoms with E-state index in [1.807, 2.05) is 12.1 Å². The number of rotatable bonds is 5. The van der Waals surface area contributed by atoms with Crippen LogP contribution in [0.5, 0.6) is 5.75 Å². The summed E-state index contributed by atoms with van der Waals surface area (Å²) in [4.78, 5) is 0. The molecule has 0 aliphatic carbocycles. The zero-order chi connectivity index (χ0) is 11.2. The molecule has 2 rings (SSSR count). The van der Waals surface area contributed by atoms with E-state index in [9.17, 15) is 0 Å². The van der Waals surface area contributed by atoms with Gasteiger partial charge in [0.25, 0.3) is 0 Å². The van der Waals surface area contributed by atoms with Gasteiger partial charge in [0.1, 0.15) is 5.75 Å². The molecule has 0 saturated heterocycles. The molecule has 0 aliphatic heterocycles. The van der Waals surface area contributed by atoms with Crippen molar-refractivity contribution >= 4 is 27.3 Å². The van der Waals surface area contributed by atoms with E-state index >= 15 is 0 Å². The van der Waals surface area contributed by atoms with E-state index in [1.54, 1.807) is 11.3 Å². The average molecular weight is 297 g/mol. The van der Waals surface area contributed by atoms with Crippen molar-refractivity contribution in [3.8, 4) is 5.75 Å². The Labute approximate surface area is 108 Å². The first-order valence-corrected chi connectivity index (χ1v) is 7.23. The largest absolute Gasteiger partial charge is 0.493 e. The number of halogens is 1. The summed E-state index contributed by atoms with van der Waals surface area (Å²) in [6.07, 6.45) is 0.974. The fourth-order valence-electron chi connectivity index (χ4n) is 1.44. The number of ether oxygens (including phenoxy) is 1. The van der Waals surface area contributed by atoms with Crippen molar-refractivity contribution in [3.05, 3.63) is 52.2 Å². The highest BCUT2D eigenvalue weighted by molar-refractivity contribution is 9.08. The summed E-state index contributed by atoms with van der Waals surface area (Å²) in [7, 11) is 0. The summed E-state index contributed by atoms with van der Waals surface area (Å²) in [5.74, 6) is 0.951. The van der Waals surface area contributed by atoms with Gasteiger partial charge < -0.3 is 4.74 Å². The summed E-state index contributed by atoms with van der Waals surface area (Å²) >= 11 is 5.17. The molecule has 3 heteroatoms. The van der Waals surface area contributed by atoms with Crippen LogP contribution in [0, 0.1) is 0 Å². The first-order valence-electron chi connectivity index (χ1n) is 5.17. The molecular weight excluding hydrogens is 284 g/mol. The van der Waals surface area contributed by atoms with Crippen LogP contribution in [0.2, 0.25) is 0 Å². The monoisotopic (exact) mass is 296 g/mol. The van der Waals surface area contributed by atoms with Gasteiger partial charge in [-0.15, -0.1) is 0 Å². The number of hydrogen-bond acceptors (Lipinski definition) is 2. The molecule has 0 unspecified atom stereocenters. The Balaban J connectivity index is 1.85. The third kappa shape index (κ3) is 3.35. The number of thiophene rings is 1. The van der Waals surface area contributed by atoms with Crippen LogP contribution in [0.4, 0.5) is 0 Å². The molecule has 0 saturated carbocycles. The Kier molecular flexibility index (Phi) is 4.43. The van der Waals surface area contributed by atoms with Crippen LogP contribution in [-0.4, -0.2) is 6.61 Å². The zero-order valence-corrected chi connectivity index (χ0v) is 11.3. The van der Waals surface area contributed by atoms with Crippen molar-refractivity contribution in [2.24, 2.45) is 0 Å². The van der Waals surface area contributed by atoms with Crippen molar-refractivity contribution in [2.45, 2.75) is 11.8 Å². The van der Waals surface area contributed by atoms with Gasteiger partial charge in [0.05, 0.1) is 6.61 Å². The second-order valence-corrected chi connectivity index (χ2v) is 4.85. The second kappa shape index (κ2) is 6.06. The molecule has 2 aromatic rings. The molecule has 84 valence electrons. The smallest absolute Gasteiger partial charge is 0.119 e. The van der Waals surface area contributed by atoms with E-state index in [0.717, 1.165) is 24.1 Å². The molecule has 0 aliphatic rings. The number of hydrogen-bond donors (Lipinski definition) is 0. The summed E-state index contributed by atoms with van der Waals surface area (Å²) in [6, 6.07) is 10.3. The Hall–Kier alpha value is -0.800. The van der Waals surface area contributed by atoms with Crippen LogP contribution < -0.4 is 4.74 Å². The van der Waals surface area contributed by atoms with Gasteiger partial charge in [-0.1, -0.05) is 28.1 Å². The molecule has 1 aromatic carbocycles. The van der Waals surface area contributed by atoms with Gasteiger partial charge in [0.15, 0.2) is 0 Å². The lowest BCUT2D eigenvalue weighted by atomic mass is 10.2. The molecule has 1 nitrogen and oxygen atoms in total. The van der Waals surface area contributed by atoms with E-state index in [1.165, 1.54) is 11.1 Å². The van der Waals surface area contributed by atoms with Crippen LogP contribution in [0.15, 0.2) is 41.1 Å². The highest BCUT2D eigenvalue weighted by Crippen LogP contribution is 2.16. The quantitative estimate of drug-likeness (QED) is 0.749. The maximum absolute atomic E-state index is 5.71. The third-order valence-electron chi connectivity index (χ3n) is 2.29. The van der Waals surface area contributed by atoms with E-state index in [0.29, 0.717) is 0 Å². The first kappa shape index (κ1) is 11.7. The van der Waals surface area contributed by atoms with E-state index < -0.39 is 0 Å². The molecule has 0 bridgehead atoms. The molecule has 0 atom stereocenters. The molecule has 0 radical (unpaired) electrons. The molecule has 16 heavy (non-hydrogen) atoms. The molecule has 0 fully saturated rings. The first-order chi connectivity index (χ1) is 7.88. The summed E-state index contributed by atoms with van der Waals surface area (Å²) in [6.45, 7) is 0.739. The zero-order valence-electron chi connectivity index (χ0n) is 8.86. The lowest BCUT2D eigenvalue weighted by Crippen LogP contribution is -2.00. The summed E-state index contributed by atoms with van der Waals surface area (Å²) in [5, 5.41) is 5.13. The van der Waals surface area contributed by atoms with E-state index in [-0.39, 0.29) is 0 Å². The topological polar surface area (TPSA) is 9.23 Å². The second-order valence-electron chi connectivity index (χ2n) is 3.51. The predicted octanol–water partition coefficient (Wildman–Crippen LogP) is 4.26. The Bertz CT molecular complexity index is 425. The van der Waals surface area contributed by atoms with Crippen molar-refractivity contribution < 1.29 is 4.74 Å². The van der Waals surface area contributed by atoms with E-state index in [2.05, 4.69) is 44.9 Å². The molecule has 1 aromatic heterocycles. The lowest BCUT2D eigenvalue weighted by Gasteiger charge is -2.06. The Morgan fingerprint density at radius 3 is 2.88 bits per heavy atom. The van der Waals surface area contributed by atoms with Gasteiger partial charge in [-0.05, 0) is 40.1 Å². The van der Waals surface area contributed by atoms with E-state index in [4.69, 9.17) is 4.74 Å². The van der Waals surface area contributed by atoms with Crippen LogP contribution in [0.3, 0.4) is 0 Å². The Morgan fingerprint density at radius 1 is 1.19 bits per heavy atom. The highest BCUT2D eigenvalue weighted by Gasteiger charge is 1.97. The molecular formula is C13H13BrOS. The Morgan fingerprint density at radius 2 is 2.12 bits per heavy atom. The van der Waals surface area contributed by atoms with Crippen LogP contribution in [-0.2, 0) is 11.8 Å². The summed E-state index contributed by atoms with van der Waals surface area (Å²) < 4.78 is 5.71. The van der Waals surface area contributed by atoms with Gasteiger partial charge in [-0.25, -0.2) is 0 Å². The molecule has 0 N–H and O–H groups in total. The van der Waals surface area contributed by atoms with Gasteiger partial charge in [0, 0.05) is 11.8 Å². The van der Waals surface area contributed by atoms with Crippen molar-refractivity contribution in [1.82, 2.24) is 0 Å². The maximum atomic E-state index is 5.71. The van der Waals surface area contributed by atoms with Gasteiger partial charge in [-0.2, -0.15) is 11.3 Å². The summed E-state index contributed by atoms with van der Waals surface area (Å²) in [5.41, 5.74) is 2.59. The van der Waals surface area contributed by atoms with Gasteiger partial charge >= 0.3 is 0 Å². The number of benzene rings is 1. The average Bonchev–Trinajstić information content (AvgIpc) is 2.82. The molecule has 0 amide bonds. The lowest BCUT2D eigenvalue weighted by molar-refractivity contribution is 0.322. The third-order valence-corrected chi connectivity index (χ3v) is 3.67. The van der Waals surface area contributed by atoms with Gasteiger partial charge in [-0.3, -0.25) is 0 Å². The van der Waals surface area contributed by atoms with Crippen molar-refractivity contribution in [2.75, 3.05) is 6.61 Å². The van der Waals surface area contributed by atoms with Crippen molar-refractivity contribution in [1.29, 1.82) is 0 Å². The van der Waals surface area contributed by atoms with Crippen LogP contribution >= 0.6 is 27.3 Å². The minimum absolute atomic E-state index is 0.739. The molecule has 1 heterocycles. The fraction of sp³-hybridized carbons (Fsp3) is 0.231.